The SMILES string of the molecule is CCOc1ccccc1CCC(=O)N(C)Cc1ccc(N2CCOCC2)cc1. The Morgan fingerprint density at radius 2 is 1.82 bits per heavy atom. The smallest absolute Gasteiger partial charge is 0.222 e. The van der Waals surface area contributed by atoms with Gasteiger partial charge in [-0.2, -0.15) is 0 Å². The molecule has 1 aliphatic rings. The molecule has 2 aromatic rings. The van der Waals surface area contributed by atoms with E-state index in [1.54, 1.807) is 4.90 Å². The lowest BCUT2D eigenvalue weighted by molar-refractivity contribution is -0.130. The summed E-state index contributed by atoms with van der Waals surface area (Å²) in [5.74, 6) is 1.02. The predicted octanol–water partition coefficient (Wildman–Crippen LogP) is 3.51. The highest BCUT2D eigenvalue weighted by atomic mass is 16.5. The minimum atomic E-state index is 0.142. The van der Waals surface area contributed by atoms with Crippen molar-refractivity contribution in [1.82, 2.24) is 4.90 Å². The van der Waals surface area contributed by atoms with Crippen LogP contribution in [0.5, 0.6) is 5.75 Å². The third-order valence-corrected chi connectivity index (χ3v) is 5.04. The van der Waals surface area contributed by atoms with Gasteiger partial charge in [-0.3, -0.25) is 4.79 Å². The number of para-hydroxylation sites is 1. The molecule has 0 aromatic heterocycles. The van der Waals surface area contributed by atoms with Gasteiger partial charge in [0.05, 0.1) is 19.8 Å². The van der Waals surface area contributed by atoms with Crippen LogP contribution in [0.2, 0.25) is 0 Å². The molecule has 28 heavy (non-hydrogen) atoms. The molecule has 5 nitrogen and oxygen atoms in total. The maximum absolute atomic E-state index is 12.6. The van der Waals surface area contributed by atoms with Crippen molar-refractivity contribution in [3.63, 3.8) is 0 Å². The van der Waals surface area contributed by atoms with Gasteiger partial charge in [-0.1, -0.05) is 30.3 Å². The van der Waals surface area contributed by atoms with E-state index in [-0.39, 0.29) is 5.91 Å². The average molecular weight is 383 g/mol. The number of aryl methyl sites for hydroxylation is 1. The summed E-state index contributed by atoms with van der Waals surface area (Å²) in [6.45, 7) is 6.65. The number of rotatable bonds is 8. The fourth-order valence-electron chi connectivity index (χ4n) is 3.43. The Hall–Kier alpha value is -2.53. The minimum Gasteiger partial charge on any atom is -0.494 e. The zero-order valence-corrected chi connectivity index (χ0v) is 16.9. The number of carbonyl (C=O) groups excluding carboxylic acids is 1. The summed E-state index contributed by atoms with van der Waals surface area (Å²) in [5, 5.41) is 0. The Morgan fingerprint density at radius 1 is 1.11 bits per heavy atom. The van der Waals surface area contributed by atoms with Crippen molar-refractivity contribution in [3.8, 4) is 5.75 Å². The van der Waals surface area contributed by atoms with E-state index in [0.29, 0.717) is 26.0 Å². The molecule has 0 radical (unpaired) electrons. The van der Waals surface area contributed by atoms with Gasteiger partial charge in [0.1, 0.15) is 5.75 Å². The van der Waals surface area contributed by atoms with Crippen molar-refractivity contribution in [1.29, 1.82) is 0 Å². The number of carbonyl (C=O) groups is 1. The van der Waals surface area contributed by atoms with Gasteiger partial charge in [0.15, 0.2) is 0 Å². The van der Waals surface area contributed by atoms with E-state index in [0.717, 1.165) is 43.2 Å². The Kier molecular flexibility index (Phi) is 7.31. The van der Waals surface area contributed by atoms with Crippen molar-refractivity contribution in [2.24, 2.45) is 0 Å². The number of morpholine rings is 1. The Morgan fingerprint density at radius 3 is 2.54 bits per heavy atom. The van der Waals surface area contributed by atoms with Crippen LogP contribution in [0.15, 0.2) is 48.5 Å². The molecule has 5 heteroatoms. The minimum absolute atomic E-state index is 0.142. The van der Waals surface area contributed by atoms with Gasteiger partial charge in [-0.25, -0.2) is 0 Å². The van der Waals surface area contributed by atoms with Crippen LogP contribution >= 0.6 is 0 Å². The van der Waals surface area contributed by atoms with Crippen LogP contribution in [-0.2, 0) is 22.5 Å². The first kappa shape index (κ1) is 20.2. The van der Waals surface area contributed by atoms with Crippen molar-refractivity contribution in [2.75, 3.05) is 44.9 Å². The molecule has 0 spiro atoms. The van der Waals surface area contributed by atoms with Crippen LogP contribution < -0.4 is 9.64 Å². The summed E-state index contributed by atoms with van der Waals surface area (Å²) in [5.41, 5.74) is 3.44. The summed E-state index contributed by atoms with van der Waals surface area (Å²) in [7, 11) is 1.87. The number of benzene rings is 2. The second kappa shape index (κ2) is 10.1. The molecule has 1 heterocycles. The highest BCUT2D eigenvalue weighted by Crippen LogP contribution is 2.20. The van der Waals surface area contributed by atoms with Crippen LogP contribution in [-0.4, -0.2) is 50.8 Å². The van der Waals surface area contributed by atoms with Crippen molar-refractivity contribution in [2.45, 2.75) is 26.3 Å². The maximum Gasteiger partial charge on any atom is 0.222 e. The lowest BCUT2D eigenvalue weighted by atomic mass is 10.1. The molecule has 1 amide bonds. The van der Waals surface area contributed by atoms with Crippen molar-refractivity contribution in [3.05, 3.63) is 59.7 Å². The molecular weight excluding hydrogens is 352 g/mol. The fraction of sp³-hybridized carbons (Fsp3) is 0.435. The summed E-state index contributed by atoms with van der Waals surface area (Å²) in [6, 6.07) is 16.4. The Labute approximate surface area is 167 Å². The zero-order chi connectivity index (χ0) is 19.8. The topological polar surface area (TPSA) is 42.0 Å². The maximum atomic E-state index is 12.6. The van der Waals surface area contributed by atoms with Crippen LogP contribution in [0.25, 0.3) is 0 Å². The first-order valence-corrected chi connectivity index (χ1v) is 10.0. The molecule has 3 rings (SSSR count). The Bertz CT molecular complexity index is 755. The molecule has 0 aliphatic carbocycles. The third kappa shape index (κ3) is 5.49. The molecule has 0 saturated carbocycles. The molecule has 0 N–H and O–H groups in total. The van der Waals surface area contributed by atoms with Gasteiger partial charge in [0.25, 0.3) is 0 Å². The van der Waals surface area contributed by atoms with Gasteiger partial charge in [0.2, 0.25) is 5.91 Å². The van der Waals surface area contributed by atoms with Gasteiger partial charge >= 0.3 is 0 Å². The number of nitrogens with zero attached hydrogens (tertiary/aromatic N) is 2. The van der Waals surface area contributed by atoms with Crippen LogP contribution in [0.4, 0.5) is 5.69 Å². The number of hydrogen-bond acceptors (Lipinski definition) is 4. The molecule has 150 valence electrons. The monoisotopic (exact) mass is 382 g/mol. The van der Waals surface area contributed by atoms with Crippen LogP contribution in [0.1, 0.15) is 24.5 Å². The zero-order valence-electron chi connectivity index (χ0n) is 16.9. The third-order valence-electron chi connectivity index (χ3n) is 5.04. The molecular formula is C23H30N2O3. The lowest BCUT2D eigenvalue weighted by Crippen LogP contribution is -2.36. The number of anilines is 1. The molecule has 1 saturated heterocycles. The van der Waals surface area contributed by atoms with E-state index in [4.69, 9.17) is 9.47 Å². The highest BCUT2D eigenvalue weighted by molar-refractivity contribution is 5.76. The summed E-state index contributed by atoms with van der Waals surface area (Å²) in [4.78, 5) is 16.7. The normalized spacial score (nSPS) is 14.0. The molecule has 0 atom stereocenters. The number of amides is 1. The summed E-state index contributed by atoms with van der Waals surface area (Å²) in [6.07, 6.45) is 1.17. The number of hydrogen-bond donors (Lipinski definition) is 0. The number of ether oxygens (including phenoxy) is 2. The molecule has 1 aliphatic heterocycles. The molecule has 2 aromatic carbocycles. The summed E-state index contributed by atoms with van der Waals surface area (Å²) < 4.78 is 11.1. The summed E-state index contributed by atoms with van der Waals surface area (Å²) >= 11 is 0. The average Bonchev–Trinajstić information content (AvgIpc) is 2.74. The van der Waals surface area contributed by atoms with Gasteiger partial charge in [-0.15, -0.1) is 0 Å². The van der Waals surface area contributed by atoms with Gasteiger partial charge in [-0.05, 0) is 42.7 Å². The Balaban J connectivity index is 1.51. The van der Waals surface area contributed by atoms with Crippen LogP contribution in [0, 0.1) is 0 Å². The van der Waals surface area contributed by atoms with E-state index < -0.39 is 0 Å². The predicted molar refractivity (Wildman–Crippen MR) is 112 cm³/mol. The molecule has 1 fully saturated rings. The second-order valence-electron chi connectivity index (χ2n) is 7.06. The van der Waals surface area contributed by atoms with Gasteiger partial charge in [0, 0.05) is 38.8 Å². The van der Waals surface area contributed by atoms with E-state index in [9.17, 15) is 4.79 Å². The first-order valence-electron chi connectivity index (χ1n) is 10.0. The largest absolute Gasteiger partial charge is 0.494 e. The van der Waals surface area contributed by atoms with Crippen molar-refractivity contribution >= 4 is 11.6 Å². The first-order chi connectivity index (χ1) is 13.7. The second-order valence-corrected chi connectivity index (χ2v) is 7.06. The van der Waals surface area contributed by atoms with Crippen molar-refractivity contribution < 1.29 is 14.3 Å². The fourth-order valence-corrected chi connectivity index (χ4v) is 3.43. The van der Waals surface area contributed by atoms with Crippen LogP contribution in [0.3, 0.4) is 0 Å². The quantitative estimate of drug-likeness (QED) is 0.701. The van der Waals surface area contributed by atoms with E-state index in [2.05, 4.69) is 29.2 Å². The highest BCUT2D eigenvalue weighted by Gasteiger charge is 2.13. The van der Waals surface area contributed by atoms with Gasteiger partial charge < -0.3 is 19.3 Å². The molecule has 0 unspecified atom stereocenters. The lowest BCUT2D eigenvalue weighted by Gasteiger charge is -2.29. The van der Waals surface area contributed by atoms with E-state index in [1.165, 1.54) is 5.69 Å². The standard InChI is InChI=1S/C23H30N2O3/c1-3-28-22-7-5-4-6-20(22)10-13-23(26)24(2)18-19-8-11-21(12-9-19)25-14-16-27-17-15-25/h4-9,11-12H,3,10,13-18H2,1-2H3. The van der Waals surface area contributed by atoms with E-state index >= 15 is 0 Å². The van der Waals surface area contributed by atoms with E-state index in [1.807, 2.05) is 38.2 Å². The molecule has 0 bridgehead atoms.